The zero-order chi connectivity index (χ0) is 20.1. The van der Waals surface area contributed by atoms with Gasteiger partial charge in [0.05, 0.1) is 0 Å². The van der Waals surface area contributed by atoms with E-state index in [2.05, 4.69) is 12.2 Å². The molecule has 29 heavy (non-hydrogen) atoms. The second-order valence-electron chi connectivity index (χ2n) is 10.4. The van der Waals surface area contributed by atoms with Crippen LogP contribution in [-0.4, -0.2) is 42.1 Å². The third-order valence-corrected chi connectivity index (χ3v) is 8.52. The molecular weight excluding hydrogens is 368 g/mol. The molecule has 164 valence electrons. The SMILES string of the molecule is CCCN(CC)C(=O)NCC1CCC2(CC1)OOC1(O2)C2CC3CC(C2)CC1C3. The lowest BCUT2D eigenvalue weighted by Crippen LogP contribution is -2.59. The zero-order valence-corrected chi connectivity index (χ0v) is 18.2. The summed E-state index contributed by atoms with van der Waals surface area (Å²) in [5.74, 6) is 2.31. The Bertz CT molecular complexity index is 588. The first-order valence-electron chi connectivity index (χ1n) is 12.2. The second kappa shape index (κ2) is 7.69. The third-order valence-electron chi connectivity index (χ3n) is 8.52. The van der Waals surface area contributed by atoms with Gasteiger partial charge in [0.15, 0.2) is 0 Å². The number of hydrogen-bond acceptors (Lipinski definition) is 4. The highest BCUT2D eigenvalue weighted by molar-refractivity contribution is 5.74. The molecule has 0 aromatic heterocycles. The Balaban J connectivity index is 1.14. The van der Waals surface area contributed by atoms with E-state index in [9.17, 15) is 4.79 Å². The highest BCUT2D eigenvalue weighted by Gasteiger charge is 2.66. The maximum atomic E-state index is 12.3. The number of hydrogen-bond donors (Lipinski definition) is 1. The molecule has 6 fully saturated rings. The molecule has 6 aliphatic rings. The number of rotatable bonds is 5. The van der Waals surface area contributed by atoms with Gasteiger partial charge in [0, 0.05) is 44.3 Å². The molecule has 0 aromatic carbocycles. The zero-order valence-electron chi connectivity index (χ0n) is 18.2. The molecule has 6 rings (SSSR count). The van der Waals surface area contributed by atoms with Crippen LogP contribution in [0.3, 0.4) is 0 Å². The molecule has 5 saturated carbocycles. The number of nitrogens with one attached hydrogen (secondary N) is 1. The van der Waals surface area contributed by atoms with E-state index in [0.29, 0.717) is 17.8 Å². The van der Waals surface area contributed by atoms with E-state index in [1.807, 2.05) is 11.8 Å². The molecule has 4 bridgehead atoms. The predicted octanol–water partition coefficient (Wildman–Crippen LogP) is 4.45. The van der Waals surface area contributed by atoms with Crippen LogP contribution in [0.1, 0.15) is 78.1 Å². The third kappa shape index (κ3) is 3.49. The summed E-state index contributed by atoms with van der Waals surface area (Å²) >= 11 is 0. The second-order valence-corrected chi connectivity index (χ2v) is 10.4. The van der Waals surface area contributed by atoms with Crippen LogP contribution in [-0.2, 0) is 14.5 Å². The molecule has 1 saturated heterocycles. The normalized spacial score (nSPS) is 45.2. The summed E-state index contributed by atoms with van der Waals surface area (Å²) < 4.78 is 6.78. The van der Waals surface area contributed by atoms with Gasteiger partial charge >= 0.3 is 6.03 Å². The lowest BCUT2D eigenvalue weighted by Gasteiger charge is -2.57. The Hall–Kier alpha value is -0.850. The first-order chi connectivity index (χ1) is 14.1. The molecule has 0 aromatic rings. The van der Waals surface area contributed by atoms with E-state index < -0.39 is 11.6 Å². The quantitative estimate of drug-likeness (QED) is 0.686. The molecule has 2 amide bonds. The van der Waals surface area contributed by atoms with E-state index in [4.69, 9.17) is 14.5 Å². The van der Waals surface area contributed by atoms with Crippen LogP contribution in [0.2, 0.25) is 0 Å². The molecule has 6 nitrogen and oxygen atoms in total. The van der Waals surface area contributed by atoms with Crippen LogP contribution < -0.4 is 5.32 Å². The van der Waals surface area contributed by atoms with Crippen LogP contribution in [0.5, 0.6) is 0 Å². The van der Waals surface area contributed by atoms with Gasteiger partial charge in [-0.3, -0.25) is 0 Å². The highest BCUT2D eigenvalue weighted by atomic mass is 17.3. The Morgan fingerprint density at radius 3 is 2.24 bits per heavy atom. The fourth-order valence-electron chi connectivity index (χ4n) is 7.13. The van der Waals surface area contributed by atoms with Gasteiger partial charge < -0.3 is 15.0 Å². The van der Waals surface area contributed by atoms with Gasteiger partial charge in [0.25, 0.3) is 0 Å². The molecule has 6 heteroatoms. The smallest absolute Gasteiger partial charge is 0.317 e. The molecule has 2 spiro atoms. The lowest BCUT2D eigenvalue weighted by molar-refractivity contribution is -0.390. The Labute approximate surface area is 174 Å². The molecule has 1 aliphatic heterocycles. The van der Waals surface area contributed by atoms with Gasteiger partial charge in [0.1, 0.15) is 0 Å². The summed E-state index contributed by atoms with van der Waals surface area (Å²) in [7, 11) is 0. The molecule has 1 N–H and O–H groups in total. The molecule has 0 unspecified atom stereocenters. The van der Waals surface area contributed by atoms with Gasteiger partial charge in [-0.1, -0.05) is 6.92 Å². The summed E-state index contributed by atoms with van der Waals surface area (Å²) in [4.78, 5) is 26.4. The number of ether oxygens (including phenoxy) is 1. The van der Waals surface area contributed by atoms with Crippen LogP contribution in [0.4, 0.5) is 4.79 Å². The van der Waals surface area contributed by atoms with Gasteiger partial charge in [-0.15, -0.1) is 0 Å². The van der Waals surface area contributed by atoms with E-state index in [-0.39, 0.29) is 6.03 Å². The van der Waals surface area contributed by atoms with Crippen molar-refractivity contribution >= 4 is 6.03 Å². The van der Waals surface area contributed by atoms with Crippen LogP contribution in [0.25, 0.3) is 0 Å². The van der Waals surface area contributed by atoms with Crippen molar-refractivity contribution in [2.45, 2.75) is 89.6 Å². The van der Waals surface area contributed by atoms with E-state index in [1.165, 1.54) is 32.1 Å². The average Bonchev–Trinajstić information content (AvgIpc) is 3.09. The van der Waals surface area contributed by atoms with Crippen molar-refractivity contribution in [3.63, 3.8) is 0 Å². The Morgan fingerprint density at radius 2 is 1.66 bits per heavy atom. The lowest BCUT2D eigenvalue weighted by atomic mass is 9.53. The van der Waals surface area contributed by atoms with E-state index >= 15 is 0 Å². The number of amides is 2. The fourth-order valence-corrected chi connectivity index (χ4v) is 7.13. The summed E-state index contributed by atoms with van der Waals surface area (Å²) in [6.45, 7) is 6.47. The van der Waals surface area contributed by atoms with Crippen LogP contribution in [0.15, 0.2) is 0 Å². The maximum Gasteiger partial charge on any atom is 0.317 e. The minimum absolute atomic E-state index is 0.0684. The van der Waals surface area contributed by atoms with Crippen molar-refractivity contribution in [3.8, 4) is 0 Å². The first-order valence-corrected chi connectivity index (χ1v) is 12.2. The number of carbonyl (C=O) groups excluding carboxylic acids is 1. The largest absolute Gasteiger partial charge is 0.338 e. The van der Waals surface area contributed by atoms with Gasteiger partial charge in [-0.2, -0.15) is 9.78 Å². The maximum absolute atomic E-state index is 12.3. The monoisotopic (exact) mass is 406 g/mol. The molecule has 0 radical (unpaired) electrons. The van der Waals surface area contributed by atoms with Crippen molar-refractivity contribution in [1.29, 1.82) is 0 Å². The summed E-state index contributed by atoms with van der Waals surface area (Å²) in [6, 6.07) is 0.0684. The average molecular weight is 407 g/mol. The first kappa shape index (κ1) is 20.1. The molecule has 0 atom stereocenters. The minimum atomic E-state index is -0.548. The van der Waals surface area contributed by atoms with Crippen LogP contribution in [0, 0.1) is 29.6 Å². The van der Waals surface area contributed by atoms with E-state index in [1.54, 1.807) is 0 Å². The van der Waals surface area contributed by atoms with Crippen molar-refractivity contribution in [2.75, 3.05) is 19.6 Å². The molecule has 1 heterocycles. The summed E-state index contributed by atoms with van der Waals surface area (Å²) in [5, 5.41) is 3.14. The highest BCUT2D eigenvalue weighted by Crippen LogP contribution is 2.63. The van der Waals surface area contributed by atoms with E-state index in [0.717, 1.165) is 63.6 Å². The van der Waals surface area contributed by atoms with Crippen molar-refractivity contribution in [2.24, 2.45) is 29.6 Å². The van der Waals surface area contributed by atoms with Crippen molar-refractivity contribution < 1.29 is 19.3 Å². The predicted molar refractivity (Wildman–Crippen MR) is 109 cm³/mol. The number of carbonyl (C=O) groups is 1. The topological polar surface area (TPSA) is 60.0 Å². The Morgan fingerprint density at radius 1 is 1.00 bits per heavy atom. The van der Waals surface area contributed by atoms with Crippen molar-refractivity contribution in [1.82, 2.24) is 10.2 Å². The molecular formula is C23H38N2O4. The van der Waals surface area contributed by atoms with Crippen LogP contribution >= 0.6 is 0 Å². The van der Waals surface area contributed by atoms with Gasteiger partial charge in [-0.05, 0) is 76.0 Å². The number of nitrogens with zero attached hydrogens (tertiary/aromatic N) is 1. The number of urea groups is 1. The fraction of sp³-hybridized carbons (Fsp3) is 0.957. The summed E-state index contributed by atoms with van der Waals surface area (Å²) in [5.41, 5.74) is 0. The van der Waals surface area contributed by atoms with Gasteiger partial charge in [-0.25, -0.2) is 4.79 Å². The van der Waals surface area contributed by atoms with Gasteiger partial charge in [0.2, 0.25) is 11.6 Å². The minimum Gasteiger partial charge on any atom is -0.338 e. The molecule has 5 aliphatic carbocycles. The standard InChI is InChI=1S/C23H38N2O4/c1-3-9-25(4-2)21(26)24-15-16-5-7-22(8-6-16)27-23(29-28-22)19-11-17-10-18(13-19)14-20(23)12-17/h16-20H,3-15H2,1-2H3,(H,24,26). The van der Waals surface area contributed by atoms with Crippen molar-refractivity contribution in [3.05, 3.63) is 0 Å². The summed E-state index contributed by atoms with van der Waals surface area (Å²) in [6.07, 6.45) is 11.2. The Kier molecular flexibility index (Phi) is 5.32.